The lowest BCUT2D eigenvalue weighted by atomic mass is 9.69. The Balaban J connectivity index is 1.60. The Labute approximate surface area is 160 Å². The number of imidazole rings is 1. The van der Waals surface area contributed by atoms with Gasteiger partial charge in [0.1, 0.15) is 6.04 Å². The van der Waals surface area contributed by atoms with E-state index in [1.807, 2.05) is 13.8 Å². The van der Waals surface area contributed by atoms with E-state index in [2.05, 4.69) is 14.9 Å². The lowest BCUT2D eigenvalue weighted by Gasteiger charge is -2.42. The number of fused-ring (bicyclic) bond motifs is 1. The molecule has 2 heterocycles. The highest BCUT2D eigenvalue weighted by molar-refractivity contribution is 5.88. The number of aromatic nitrogens is 2. The summed E-state index contributed by atoms with van der Waals surface area (Å²) >= 11 is 0. The van der Waals surface area contributed by atoms with E-state index in [4.69, 9.17) is 9.47 Å². The van der Waals surface area contributed by atoms with Crippen LogP contribution in [0.5, 0.6) is 0 Å². The van der Waals surface area contributed by atoms with Crippen molar-refractivity contribution in [1.29, 1.82) is 0 Å². The molecule has 1 saturated carbocycles. The molecule has 2 aliphatic rings. The van der Waals surface area contributed by atoms with Crippen molar-refractivity contribution >= 4 is 11.9 Å². The van der Waals surface area contributed by atoms with Gasteiger partial charge in [-0.2, -0.15) is 0 Å². The van der Waals surface area contributed by atoms with Crippen molar-refractivity contribution in [3.05, 3.63) is 17.7 Å². The maximum absolute atomic E-state index is 12.1. The third-order valence-corrected chi connectivity index (χ3v) is 6.01. The fourth-order valence-corrected chi connectivity index (χ4v) is 4.55. The molecular weight excluding hydrogens is 346 g/mol. The van der Waals surface area contributed by atoms with E-state index in [-0.39, 0.29) is 18.0 Å². The summed E-state index contributed by atoms with van der Waals surface area (Å²) in [6, 6.07) is -0.171. The molecule has 1 aliphatic carbocycles. The van der Waals surface area contributed by atoms with Crippen LogP contribution in [-0.4, -0.2) is 47.3 Å². The number of hydrogen-bond donors (Lipinski definition) is 1. The molecular formula is C20H31N3O4. The van der Waals surface area contributed by atoms with Gasteiger partial charge < -0.3 is 19.4 Å². The van der Waals surface area contributed by atoms with Crippen molar-refractivity contribution in [3.8, 4) is 0 Å². The minimum atomic E-state index is -0.354. The standard InChI is InChI=1S/C20H31N3O4/c1-4-26-19(24)17-9-16-8-14(6-7-15(16)10-21-17)11-23-12-22-18(13(23)3)20(25)27-5-2/h12,14-17,21H,4-11H2,1-3H3/t14-,15-,16+,17-/m0/s1. The van der Waals surface area contributed by atoms with Crippen molar-refractivity contribution in [1.82, 2.24) is 14.9 Å². The van der Waals surface area contributed by atoms with Gasteiger partial charge in [-0.1, -0.05) is 0 Å². The first-order chi connectivity index (χ1) is 13.0. The average molecular weight is 377 g/mol. The quantitative estimate of drug-likeness (QED) is 0.766. The second-order valence-corrected chi connectivity index (χ2v) is 7.70. The zero-order chi connectivity index (χ0) is 19.4. The number of hydrogen-bond acceptors (Lipinski definition) is 6. The first-order valence-corrected chi connectivity index (χ1v) is 10.1. The van der Waals surface area contributed by atoms with Gasteiger partial charge in [-0.05, 0) is 70.8 Å². The first kappa shape index (κ1) is 19.9. The van der Waals surface area contributed by atoms with Crippen LogP contribution in [0.1, 0.15) is 55.7 Å². The van der Waals surface area contributed by atoms with Crippen LogP contribution in [0.4, 0.5) is 0 Å². The summed E-state index contributed by atoms with van der Waals surface area (Å²) in [4.78, 5) is 28.3. The molecule has 1 aliphatic heterocycles. The maximum atomic E-state index is 12.1. The van der Waals surface area contributed by atoms with E-state index < -0.39 is 0 Å². The van der Waals surface area contributed by atoms with E-state index in [0.717, 1.165) is 31.6 Å². The number of nitrogens with one attached hydrogen (secondary N) is 1. The van der Waals surface area contributed by atoms with Gasteiger partial charge in [0.15, 0.2) is 5.69 Å². The Kier molecular flexibility index (Phi) is 6.52. The van der Waals surface area contributed by atoms with E-state index in [1.54, 1.807) is 13.3 Å². The number of carbonyl (C=O) groups excluding carboxylic acids is 2. The molecule has 0 spiro atoms. The molecule has 3 rings (SSSR count). The molecule has 0 aromatic carbocycles. The van der Waals surface area contributed by atoms with Gasteiger partial charge in [-0.15, -0.1) is 0 Å². The molecule has 2 fully saturated rings. The van der Waals surface area contributed by atoms with Gasteiger partial charge >= 0.3 is 11.9 Å². The molecule has 27 heavy (non-hydrogen) atoms. The van der Waals surface area contributed by atoms with Gasteiger partial charge in [0.2, 0.25) is 0 Å². The second-order valence-electron chi connectivity index (χ2n) is 7.70. The van der Waals surface area contributed by atoms with Crippen LogP contribution in [0.15, 0.2) is 6.33 Å². The molecule has 1 N–H and O–H groups in total. The zero-order valence-corrected chi connectivity index (χ0v) is 16.6. The maximum Gasteiger partial charge on any atom is 0.358 e. The third-order valence-electron chi connectivity index (χ3n) is 6.01. The van der Waals surface area contributed by atoms with Crippen molar-refractivity contribution in [2.45, 2.75) is 59.0 Å². The Morgan fingerprint density at radius 1 is 1.19 bits per heavy atom. The molecule has 1 aromatic rings. The van der Waals surface area contributed by atoms with Crippen molar-refractivity contribution in [2.24, 2.45) is 17.8 Å². The van der Waals surface area contributed by atoms with Crippen molar-refractivity contribution in [2.75, 3.05) is 19.8 Å². The molecule has 1 aromatic heterocycles. The summed E-state index contributed by atoms with van der Waals surface area (Å²) in [6.07, 6.45) is 6.05. The fraction of sp³-hybridized carbons (Fsp3) is 0.750. The van der Waals surface area contributed by atoms with Gasteiger partial charge in [0.05, 0.1) is 19.5 Å². The predicted octanol–water partition coefficient (Wildman–Crippen LogP) is 2.33. The molecule has 0 unspecified atom stereocenters. The highest BCUT2D eigenvalue weighted by atomic mass is 16.5. The molecule has 4 atom stereocenters. The summed E-state index contributed by atoms with van der Waals surface area (Å²) in [6.45, 7) is 8.11. The summed E-state index contributed by atoms with van der Waals surface area (Å²) in [5.41, 5.74) is 1.28. The number of esters is 2. The highest BCUT2D eigenvalue weighted by Crippen LogP contribution is 2.39. The van der Waals surface area contributed by atoms with Gasteiger partial charge in [-0.25, -0.2) is 9.78 Å². The summed E-state index contributed by atoms with van der Waals surface area (Å²) in [5.74, 6) is 1.25. The summed E-state index contributed by atoms with van der Waals surface area (Å²) < 4.78 is 12.3. The molecule has 0 radical (unpaired) electrons. The van der Waals surface area contributed by atoms with Crippen LogP contribution in [-0.2, 0) is 20.8 Å². The zero-order valence-electron chi connectivity index (χ0n) is 16.6. The summed E-state index contributed by atoms with van der Waals surface area (Å²) in [7, 11) is 0. The van der Waals surface area contributed by atoms with E-state index in [1.165, 1.54) is 12.8 Å². The van der Waals surface area contributed by atoms with E-state index in [0.29, 0.717) is 36.7 Å². The third kappa shape index (κ3) is 4.51. The number of rotatable bonds is 6. The smallest absolute Gasteiger partial charge is 0.358 e. The van der Waals surface area contributed by atoms with Crippen LogP contribution in [0.2, 0.25) is 0 Å². The van der Waals surface area contributed by atoms with Gasteiger partial charge in [0, 0.05) is 12.2 Å². The van der Waals surface area contributed by atoms with Crippen LogP contribution in [0.3, 0.4) is 0 Å². The molecule has 0 amide bonds. The van der Waals surface area contributed by atoms with Gasteiger partial charge in [-0.3, -0.25) is 4.79 Å². The van der Waals surface area contributed by atoms with E-state index >= 15 is 0 Å². The number of carbonyl (C=O) groups is 2. The Morgan fingerprint density at radius 2 is 1.96 bits per heavy atom. The molecule has 7 heteroatoms. The monoisotopic (exact) mass is 377 g/mol. The second kappa shape index (κ2) is 8.87. The minimum Gasteiger partial charge on any atom is -0.465 e. The van der Waals surface area contributed by atoms with Crippen LogP contribution >= 0.6 is 0 Å². The van der Waals surface area contributed by atoms with Crippen molar-refractivity contribution in [3.63, 3.8) is 0 Å². The van der Waals surface area contributed by atoms with Crippen molar-refractivity contribution < 1.29 is 19.1 Å². The van der Waals surface area contributed by atoms with Crippen LogP contribution < -0.4 is 5.32 Å². The Morgan fingerprint density at radius 3 is 2.70 bits per heavy atom. The lowest BCUT2D eigenvalue weighted by Crippen LogP contribution is -2.50. The average Bonchev–Trinajstić information content (AvgIpc) is 3.02. The van der Waals surface area contributed by atoms with Crippen LogP contribution in [0, 0.1) is 24.7 Å². The fourth-order valence-electron chi connectivity index (χ4n) is 4.55. The normalized spacial score (nSPS) is 27.7. The lowest BCUT2D eigenvalue weighted by molar-refractivity contribution is -0.147. The molecule has 7 nitrogen and oxygen atoms in total. The minimum absolute atomic E-state index is 0.123. The predicted molar refractivity (Wildman–Crippen MR) is 100 cm³/mol. The Hall–Kier alpha value is -1.89. The molecule has 150 valence electrons. The number of nitrogens with zero attached hydrogens (tertiary/aromatic N) is 2. The summed E-state index contributed by atoms with van der Waals surface area (Å²) in [5, 5.41) is 3.36. The van der Waals surface area contributed by atoms with Crippen LogP contribution in [0.25, 0.3) is 0 Å². The largest absolute Gasteiger partial charge is 0.465 e. The number of piperidine rings is 1. The topological polar surface area (TPSA) is 82.5 Å². The Bertz CT molecular complexity index is 672. The van der Waals surface area contributed by atoms with E-state index in [9.17, 15) is 9.59 Å². The highest BCUT2D eigenvalue weighted by Gasteiger charge is 2.38. The van der Waals surface area contributed by atoms with Gasteiger partial charge in [0.25, 0.3) is 0 Å². The molecule has 1 saturated heterocycles. The molecule has 0 bridgehead atoms. The SMILES string of the molecule is CCOC(=O)c1ncn(C[C@H]2CC[C@H]3CN[C@H](C(=O)OCC)C[C@H]3C2)c1C. The number of ether oxygens (including phenoxy) is 2. The first-order valence-electron chi connectivity index (χ1n) is 10.1.